The third-order valence-corrected chi connectivity index (χ3v) is 4.82. The highest BCUT2D eigenvalue weighted by Gasteiger charge is 2.24. The number of rotatable bonds is 6. The number of aryl methyl sites for hydroxylation is 2. The summed E-state index contributed by atoms with van der Waals surface area (Å²) in [5, 5.41) is 3.28. The minimum absolute atomic E-state index is 0.132. The Balaban J connectivity index is 2.47. The molecule has 1 aromatic carbocycles. The van der Waals surface area contributed by atoms with Gasteiger partial charge < -0.3 is 5.32 Å². The van der Waals surface area contributed by atoms with Gasteiger partial charge in [-0.2, -0.15) is 0 Å². The molecule has 2 aromatic rings. The van der Waals surface area contributed by atoms with Crippen LogP contribution >= 0.6 is 11.3 Å². The summed E-state index contributed by atoms with van der Waals surface area (Å²) in [5.74, 6) is -0.937. The van der Waals surface area contributed by atoms with Crippen molar-refractivity contribution in [1.82, 2.24) is 5.32 Å². The highest BCUT2D eigenvalue weighted by molar-refractivity contribution is 7.12. The standard InChI is InChI=1S/C17H21F2NS/c1-4-10-20-17(14-9-7-12(5-2)21-14)15-13(18)8-6-11(3)16(15)19/h6-9,17,20H,4-5,10H2,1-3H3. The van der Waals surface area contributed by atoms with Crippen LogP contribution in [0.1, 0.15) is 47.2 Å². The zero-order valence-corrected chi connectivity index (χ0v) is 13.5. The van der Waals surface area contributed by atoms with Crippen molar-refractivity contribution in [3.8, 4) is 0 Å². The lowest BCUT2D eigenvalue weighted by atomic mass is 10.0. The fourth-order valence-electron chi connectivity index (χ4n) is 2.32. The summed E-state index contributed by atoms with van der Waals surface area (Å²) in [7, 11) is 0. The van der Waals surface area contributed by atoms with Crippen molar-refractivity contribution in [1.29, 1.82) is 0 Å². The molecule has 1 nitrogen and oxygen atoms in total. The van der Waals surface area contributed by atoms with Gasteiger partial charge in [-0.3, -0.25) is 0 Å². The first-order chi connectivity index (χ1) is 10.1. The normalized spacial score (nSPS) is 12.6. The number of benzene rings is 1. The Labute approximate surface area is 129 Å². The topological polar surface area (TPSA) is 12.0 Å². The summed E-state index contributed by atoms with van der Waals surface area (Å²) < 4.78 is 28.6. The molecular weight excluding hydrogens is 288 g/mol. The van der Waals surface area contributed by atoms with Crippen molar-refractivity contribution in [3.63, 3.8) is 0 Å². The van der Waals surface area contributed by atoms with E-state index in [1.54, 1.807) is 18.3 Å². The molecule has 0 aliphatic heterocycles. The van der Waals surface area contributed by atoms with E-state index in [4.69, 9.17) is 0 Å². The molecule has 1 unspecified atom stereocenters. The molecule has 1 heterocycles. The highest BCUT2D eigenvalue weighted by Crippen LogP contribution is 2.32. The van der Waals surface area contributed by atoms with Crippen molar-refractivity contribution >= 4 is 11.3 Å². The van der Waals surface area contributed by atoms with Crippen molar-refractivity contribution in [2.75, 3.05) is 6.54 Å². The van der Waals surface area contributed by atoms with Crippen LogP contribution in [0.25, 0.3) is 0 Å². The Morgan fingerprint density at radius 3 is 2.52 bits per heavy atom. The first-order valence-electron chi connectivity index (χ1n) is 7.34. The van der Waals surface area contributed by atoms with E-state index in [1.165, 1.54) is 17.0 Å². The predicted octanol–water partition coefficient (Wildman–Crippen LogP) is 4.99. The van der Waals surface area contributed by atoms with Gasteiger partial charge in [-0.25, -0.2) is 8.78 Å². The molecule has 114 valence electrons. The van der Waals surface area contributed by atoms with Gasteiger partial charge in [0.05, 0.1) is 6.04 Å². The molecule has 1 N–H and O–H groups in total. The monoisotopic (exact) mass is 309 g/mol. The fourth-order valence-corrected chi connectivity index (χ4v) is 3.35. The van der Waals surface area contributed by atoms with Crippen LogP contribution in [0.15, 0.2) is 24.3 Å². The average molecular weight is 309 g/mol. The fraction of sp³-hybridized carbons (Fsp3) is 0.412. The zero-order chi connectivity index (χ0) is 15.4. The molecule has 4 heteroatoms. The Hall–Kier alpha value is -1.26. The molecular formula is C17H21F2NS. The number of hydrogen-bond donors (Lipinski definition) is 1. The van der Waals surface area contributed by atoms with Crippen molar-refractivity contribution < 1.29 is 8.78 Å². The van der Waals surface area contributed by atoms with Gasteiger partial charge in [-0.1, -0.05) is 19.9 Å². The maximum absolute atomic E-state index is 14.4. The molecule has 1 atom stereocenters. The highest BCUT2D eigenvalue weighted by atomic mass is 32.1. The van der Waals surface area contributed by atoms with Gasteiger partial charge in [0, 0.05) is 15.3 Å². The summed E-state index contributed by atoms with van der Waals surface area (Å²) in [6.45, 7) is 6.51. The average Bonchev–Trinajstić information content (AvgIpc) is 2.95. The van der Waals surface area contributed by atoms with Crippen molar-refractivity contribution in [3.05, 3.63) is 56.8 Å². The summed E-state index contributed by atoms with van der Waals surface area (Å²) in [6.07, 6.45) is 1.85. The van der Waals surface area contributed by atoms with Gasteiger partial charge >= 0.3 is 0 Å². The lowest BCUT2D eigenvalue weighted by Crippen LogP contribution is -2.24. The Kier molecular flexibility index (Phi) is 5.48. The summed E-state index contributed by atoms with van der Waals surface area (Å²) >= 11 is 1.61. The third-order valence-electron chi connectivity index (χ3n) is 3.52. The second-order valence-corrected chi connectivity index (χ2v) is 6.34. The number of hydrogen-bond acceptors (Lipinski definition) is 2. The van der Waals surface area contributed by atoms with Crippen molar-refractivity contribution in [2.45, 2.75) is 39.7 Å². The maximum Gasteiger partial charge on any atom is 0.134 e. The van der Waals surface area contributed by atoms with Crippen LogP contribution in [-0.2, 0) is 6.42 Å². The van der Waals surface area contributed by atoms with E-state index in [1.807, 2.05) is 19.1 Å². The first kappa shape index (κ1) is 16.1. The number of thiophene rings is 1. The van der Waals surface area contributed by atoms with Gasteiger partial charge in [-0.15, -0.1) is 11.3 Å². The maximum atomic E-state index is 14.4. The lowest BCUT2D eigenvalue weighted by Gasteiger charge is -2.20. The lowest BCUT2D eigenvalue weighted by molar-refractivity contribution is 0.502. The van der Waals surface area contributed by atoms with E-state index < -0.39 is 17.7 Å². The second kappa shape index (κ2) is 7.14. The third kappa shape index (κ3) is 3.50. The van der Waals surface area contributed by atoms with E-state index in [9.17, 15) is 8.78 Å². The summed E-state index contributed by atoms with van der Waals surface area (Å²) in [4.78, 5) is 2.19. The SMILES string of the molecule is CCCNC(c1ccc(CC)s1)c1c(F)ccc(C)c1F. The second-order valence-electron chi connectivity index (χ2n) is 5.14. The van der Waals surface area contributed by atoms with E-state index >= 15 is 0 Å². The Morgan fingerprint density at radius 2 is 1.90 bits per heavy atom. The van der Waals surface area contributed by atoms with E-state index in [-0.39, 0.29) is 5.56 Å². The molecule has 1 aromatic heterocycles. The van der Waals surface area contributed by atoms with E-state index in [2.05, 4.69) is 12.2 Å². The number of nitrogens with one attached hydrogen (secondary N) is 1. The van der Waals surface area contributed by atoms with Crippen molar-refractivity contribution in [2.24, 2.45) is 0 Å². The summed E-state index contributed by atoms with van der Waals surface area (Å²) in [6, 6.07) is 6.42. The van der Waals surface area contributed by atoms with Crippen LogP contribution in [0.3, 0.4) is 0 Å². The van der Waals surface area contributed by atoms with Gasteiger partial charge in [0.1, 0.15) is 11.6 Å². The molecule has 0 bridgehead atoms. The van der Waals surface area contributed by atoms with Crippen LogP contribution in [0, 0.1) is 18.6 Å². The van der Waals surface area contributed by atoms with E-state index in [0.29, 0.717) is 5.56 Å². The molecule has 0 aliphatic rings. The molecule has 0 spiro atoms. The Morgan fingerprint density at radius 1 is 1.14 bits per heavy atom. The minimum Gasteiger partial charge on any atom is -0.305 e. The first-order valence-corrected chi connectivity index (χ1v) is 8.16. The quantitative estimate of drug-likeness (QED) is 0.793. The number of halogens is 2. The van der Waals surface area contributed by atoms with E-state index in [0.717, 1.165) is 24.3 Å². The molecule has 0 radical (unpaired) electrons. The minimum atomic E-state index is -0.488. The van der Waals surface area contributed by atoms with Gasteiger partial charge in [-0.05, 0) is 50.1 Å². The largest absolute Gasteiger partial charge is 0.305 e. The van der Waals surface area contributed by atoms with Gasteiger partial charge in [0.2, 0.25) is 0 Å². The predicted molar refractivity (Wildman–Crippen MR) is 84.9 cm³/mol. The van der Waals surface area contributed by atoms with Gasteiger partial charge in [0.25, 0.3) is 0 Å². The Bertz CT molecular complexity index is 607. The van der Waals surface area contributed by atoms with Crippen LogP contribution in [0.5, 0.6) is 0 Å². The summed E-state index contributed by atoms with van der Waals surface area (Å²) in [5.41, 5.74) is 0.606. The molecule has 0 saturated heterocycles. The molecule has 0 amide bonds. The molecule has 0 fully saturated rings. The van der Waals surface area contributed by atoms with Crippen LogP contribution in [0.4, 0.5) is 8.78 Å². The van der Waals surface area contributed by atoms with Gasteiger partial charge in [0.15, 0.2) is 0 Å². The zero-order valence-electron chi connectivity index (χ0n) is 12.7. The molecule has 0 saturated carbocycles. The van der Waals surface area contributed by atoms with Crippen LogP contribution in [0.2, 0.25) is 0 Å². The molecule has 2 rings (SSSR count). The van der Waals surface area contributed by atoms with Crippen LogP contribution < -0.4 is 5.32 Å². The van der Waals surface area contributed by atoms with Crippen LogP contribution in [-0.4, -0.2) is 6.54 Å². The smallest absolute Gasteiger partial charge is 0.134 e. The molecule has 21 heavy (non-hydrogen) atoms. The molecule has 0 aliphatic carbocycles.